The first-order chi connectivity index (χ1) is 11.1. The summed E-state index contributed by atoms with van der Waals surface area (Å²) in [6.45, 7) is 0.180. The van der Waals surface area contributed by atoms with Crippen LogP contribution in [-0.2, 0) is 0 Å². The summed E-state index contributed by atoms with van der Waals surface area (Å²) in [5.41, 5.74) is 19.1. The molecule has 0 fully saturated rings. The number of hydrogen-bond acceptors (Lipinski definition) is 9. The molecule has 2 heterocycles. The number of anilines is 3. The summed E-state index contributed by atoms with van der Waals surface area (Å²) < 4.78 is 5.31. The lowest BCUT2D eigenvalue weighted by molar-refractivity contribution is 0.201. The van der Waals surface area contributed by atoms with E-state index in [1.807, 2.05) is 0 Å². The summed E-state index contributed by atoms with van der Waals surface area (Å²) in [5, 5.41) is 8.75. The van der Waals surface area contributed by atoms with Crippen molar-refractivity contribution in [1.82, 2.24) is 19.9 Å². The van der Waals surface area contributed by atoms with Crippen molar-refractivity contribution >= 4 is 28.7 Å². The van der Waals surface area contributed by atoms with Gasteiger partial charge in [0.25, 0.3) is 0 Å². The Kier molecular flexibility index (Phi) is 3.77. The second-order valence-corrected chi connectivity index (χ2v) is 4.69. The first-order valence-electron chi connectivity index (χ1n) is 6.79. The average Bonchev–Trinajstić information content (AvgIpc) is 2.53. The Balaban J connectivity index is 2.03. The Morgan fingerprint density at radius 2 is 1.65 bits per heavy atom. The third-order valence-electron chi connectivity index (χ3n) is 3.09. The Labute approximate surface area is 131 Å². The van der Waals surface area contributed by atoms with Gasteiger partial charge in [-0.1, -0.05) is 0 Å². The normalized spacial score (nSPS) is 10.8. The Morgan fingerprint density at radius 1 is 0.913 bits per heavy atom. The summed E-state index contributed by atoms with van der Waals surface area (Å²) in [5.74, 6) is 0.996. The van der Waals surface area contributed by atoms with Crippen LogP contribution in [0.1, 0.15) is 0 Å². The van der Waals surface area contributed by atoms with Crippen molar-refractivity contribution in [2.24, 2.45) is 0 Å². The fourth-order valence-corrected chi connectivity index (χ4v) is 2.08. The minimum atomic E-state index is -0.0484. The van der Waals surface area contributed by atoms with Crippen molar-refractivity contribution < 1.29 is 9.84 Å². The molecule has 0 unspecified atom stereocenters. The predicted octanol–water partition coefficient (Wildman–Crippen LogP) is 0.205. The monoisotopic (exact) mass is 313 g/mol. The Hall–Kier alpha value is -3.20. The third kappa shape index (κ3) is 2.90. The molecule has 0 bridgehead atoms. The van der Waals surface area contributed by atoms with E-state index in [4.69, 9.17) is 27.0 Å². The van der Waals surface area contributed by atoms with Crippen molar-refractivity contribution in [2.75, 3.05) is 30.4 Å². The van der Waals surface area contributed by atoms with E-state index in [1.165, 1.54) is 0 Å². The molecule has 3 rings (SSSR count). The molecule has 0 radical (unpaired) electrons. The number of aliphatic hydroxyl groups is 1. The molecule has 0 saturated heterocycles. The lowest BCUT2D eigenvalue weighted by Gasteiger charge is -2.09. The maximum Gasteiger partial charge on any atom is 0.224 e. The third-order valence-corrected chi connectivity index (χ3v) is 3.09. The van der Waals surface area contributed by atoms with Crippen molar-refractivity contribution in [3.05, 3.63) is 24.3 Å². The summed E-state index contributed by atoms with van der Waals surface area (Å²) >= 11 is 0. The van der Waals surface area contributed by atoms with Crippen LogP contribution in [0, 0.1) is 0 Å². The Bertz CT molecular complexity index is 852. The quantitative estimate of drug-likeness (QED) is 0.527. The fourth-order valence-electron chi connectivity index (χ4n) is 2.08. The van der Waals surface area contributed by atoms with Gasteiger partial charge in [-0.05, 0) is 24.3 Å². The van der Waals surface area contributed by atoms with E-state index in [0.717, 1.165) is 5.56 Å². The van der Waals surface area contributed by atoms with Crippen molar-refractivity contribution in [2.45, 2.75) is 0 Å². The summed E-state index contributed by atoms with van der Waals surface area (Å²) in [7, 11) is 0. The van der Waals surface area contributed by atoms with Crippen molar-refractivity contribution in [1.29, 1.82) is 0 Å². The van der Waals surface area contributed by atoms with Gasteiger partial charge in [0.05, 0.1) is 6.61 Å². The zero-order valence-electron chi connectivity index (χ0n) is 12.1. The average molecular weight is 313 g/mol. The molecule has 0 aliphatic carbocycles. The van der Waals surface area contributed by atoms with Gasteiger partial charge >= 0.3 is 0 Å². The second-order valence-electron chi connectivity index (χ2n) is 4.69. The standard InChI is InChI=1S/C14H15N7O2/c15-11-9(7-1-3-8(4-2-7)23-6-5-22)18-10-12(16)20-14(17)21-13(10)19-11/h1-4,22H,5-6H2,(H6,15,16,17,19,20,21). The van der Waals surface area contributed by atoms with Gasteiger partial charge in [0, 0.05) is 5.56 Å². The lowest BCUT2D eigenvalue weighted by atomic mass is 10.1. The molecule has 1 aromatic carbocycles. The topological polar surface area (TPSA) is 159 Å². The fraction of sp³-hybridized carbons (Fsp3) is 0.143. The highest BCUT2D eigenvalue weighted by Gasteiger charge is 2.13. The van der Waals surface area contributed by atoms with Crippen LogP contribution in [0.25, 0.3) is 22.4 Å². The number of ether oxygens (including phenoxy) is 1. The molecule has 2 aromatic heterocycles. The number of nitrogens with two attached hydrogens (primary N) is 3. The second kappa shape index (κ2) is 5.89. The minimum absolute atomic E-state index is 0.0156. The molecule has 0 aliphatic rings. The van der Waals surface area contributed by atoms with E-state index >= 15 is 0 Å². The minimum Gasteiger partial charge on any atom is -0.491 e. The molecule has 0 aliphatic heterocycles. The number of hydrogen-bond donors (Lipinski definition) is 4. The van der Waals surface area contributed by atoms with Crippen LogP contribution in [0.5, 0.6) is 5.75 Å². The van der Waals surface area contributed by atoms with Gasteiger partial charge in [0.15, 0.2) is 22.8 Å². The van der Waals surface area contributed by atoms with E-state index in [0.29, 0.717) is 17.0 Å². The van der Waals surface area contributed by atoms with Gasteiger partial charge in [-0.3, -0.25) is 0 Å². The van der Waals surface area contributed by atoms with Gasteiger partial charge in [-0.2, -0.15) is 9.97 Å². The van der Waals surface area contributed by atoms with Crippen LogP contribution >= 0.6 is 0 Å². The maximum absolute atomic E-state index is 8.75. The molecule has 9 heteroatoms. The zero-order valence-corrected chi connectivity index (χ0v) is 12.1. The van der Waals surface area contributed by atoms with E-state index in [-0.39, 0.29) is 36.4 Å². The molecule has 9 nitrogen and oxygen atoms in total. The van der Waals surface area contributed by atoms with Gasteiger partial charge in [0.2, 0.25) is 5.95 Å². The smallest absolute Gasteiger partial charge is 0.224 e. The SMILES string of the molecule is Nc1nc(N)c2nc(-c3ccc(OCCO)cc3)c(N)nc2n1. The largest absolute Gasteiger partial charge is 0.491 e. The van der Waals surface area contributed by atoms with Crippen molar-refractivity contribution in [3.8, 4) is 17.0 Å². The van der Waals surface area contributed by atoms with Crippen molar-refractivity contribution in [3.63, 3.8) is 0 Å². The van der Waals surface area contributed by atoms with Gasteiger partial charge in [-0.25, -0.2) is 9.97 Å². The number of benzene rings is 1. The highest BCUT2D eigenvalue weighted by Crippen LogP contribution is 2.27. The van der Waals surface area contributed by atoms with E-state index in [9.17, 15) is 0 Å². The molecule has 0 atom stereocenters. The summed E-state index contributed by atoms with van der Waals surface area (Å²) in [4.78, 5) is 16.4. The maximum atomic E-state index is 8.75. The highest BCUT2D eigenvalue weighted by atomic mass is 16.5. The number of aromatic nitrogens is 4. The zero-order chi connectivity index (χ0) is 16.4. The van der Waals surface area contributed by atoms with E-state index in [1.54, 1.807) is 24.3 Å². The number of fused-ring (bicyclic) bond motifs is 1. The number of aliphatic hydroxyl groups excluding tert-OH is 1. The molecule has 7 N–H and O–H groups in total. The van der Waals surface area contributed by atoms with Crippen LogP contribution in [-0.4, -0.2) is 38.3 Å². The summed E-state index contributed by atoms with van der Waals surface area (Å²) in [6.07, 6.45) is 0. The van der Waals surface area contributed by atoms with Crippen LogP contribution in [0.2, 0.25) is 0 Å². The van der Waals surface area contributed by atoms with Gasteiger partial charge in [0.1, 0.15) is 18.1 Å². The van der Waals surface area contributed by atoms with Crippen LogP contribution in [0.15, 0.2) is 24.3 Å². The number of nitrogen functional groups attached to an aromatic ring is 3. The van der Waals surface area contributed by atoms with E-state index in [2.05, 4.69) is 19.9 Å². The van der Waals surface area contributed by atoms with Crippen LogP contribution < -0.4 is 21.9 Å². The van der Waals surface area contributed by atoms with Crippen LogP contribution in [0.4, 0.5) is 17.6 Å². The van der Waals surface area contributed by atoms with Crippen LogP contribution in [0.3, 0.4) is 0 Å². The molecule has 0 spiro atoms. The summed E-state index contributed by atoms with van der Waals surface area (Å²) in [6, 6.07) is 7.07. The molecular weight excluding hydrogens is 298 g/mol. The Morgan fingerprint density at radius 3 is 2.35 bits per heavy atom. The van der Waals surface area contributed by atoms with E-state index < -0.39 is 0 Å². The molecule has 3 aromatic rings. The highest BCUT2D eigenvalue weighted by molar-refractivity contribution is 5.87. The molecular formula is C14H15N7O2. The number of nitrogens with zero attached hydrogens (tertiary/aromatic N) is 4. The molecule has 0 amide bonds. The molecule has 23 heavy (non-hydrogen) atoms. The van der Waals surface area contributed by atoms with Gasteiger partial charge < -0.3 is 27.0 Å². The lowest BCUT2D eigenvalue weighted by Crippen LogP contribution is -2.06. The first-order valence-corrected chi connectivity index (χ1v) is 6.79. The predicted molar refractivity (Wildman–Crippen MR) is 86.4 cm³/mol. The first kappa shape index (κ1) is 14.7. The number of rotatable bonds is 4. The molecule has 118 valence electrons. The van der Waals surface area contributed by atoms with Gasteiger partial charge in [-0.15, -0.1) is 0 Å². The molecule has 0 saturated carbocycles.